The predicted octanol–water partition coefficient (Wildman–Crippen LogP) is 4.24. The molecule has 3 N–H and O–H groups in total. The molecule has 0 spiro atoms. The maximum atomic E-state index is 12.3. The standard InChI is InChI=1S/C25H30N2O6/c1-25(2,3)33-23(30)26-13-7-12-21(22(28)29)27-24(31)32-15-17-9-6-11-19-18-10-5-4-8-16(18)14-20(17)19/h4-6,8-11,21H,7,12-15H2,1-3H3,(H,26,30)(H,27,31)(H,28,29)/t21-/m1/s1. The van der Waals surface area contributed by atoms with E-state index in [1.54, 1.807) is 20.8 Å². The molecule has 2 aromatic carbocycles. The molecule has 2 amide bonds. The second-order valence-corrected chi connectivity index (χ2v) is 8.96. The lowest BCUT2D eigenvalue weighted by molar-refractivity contribution is -0.139. The maximum Gasteiger partial charge on any atom is 0.408 e. The second-order valence-electron chi connectivity index (χ2n) is 8.96. The number of ether oxygens (including phenoxy) is 2. The number of benzene rings is 2. The number of carbonyl (C=O) groups excluding carboxylic acids is 2. The third-order valence-corrected chi connectivity index (χ3v) is 5.23. The zero-order valence-electron chi connectivity index (χ0n) is 19.1. The normalized spacial score (nSPS) is 12.8. The van der Waals surface area contributed by atoms with Gasteiger partial charge in [0.25, 0.3) is 0 Å². The van der Waals surface area contributed by atoms with Gasteiger partial charge in [0.1, 0.15) is 18.2 Å². The highest BCUT2D eigenvalue weighted by Gasteiger charge is 2.23. The number of hydrogen-bond donors (Lipinski definition) is 3. The van der Waals surface area contributed by atoms with Gasteiger partial charge in [-0.15, -0.1) is 0 Å². The zero-order valence-corrected chi connectivity index (χ0v) is 19.1. The molecular formula is C25H30N2O6. The Kier molecular flexibility index (Phi) is 7.58. The van der Waals surface area contributed by atoms with Crippen molar-refractivity contribution < 1.29 is 29.0 Å². The molecule has 0 fully saturated rings. The van der Waals surface area contributed by atoms with Crippen LogP contribution in [0.4, 0.5) is 9.59 Å². The highest BCUT2D eigenvalue weighted by atomic mass is 16.6. The molecule has 1 atom stereocenters. The molecule has 0 bridgehead atoms. The number of rotatable bonds is 8. The molecule has 0 saturated heterocycles. The fourth-order valence-corrected chi connectivity index (χ4v) is 3.75. The molecule has 0 saturated carbocycles. The van der Waals surface area contributed by atoms with Crippen LogP contribution in [0.2, 0.25) is 0 Å². The summed E-state index contributed by atoms with van der Waals surface area (Å²) in [5, 5.41) is 14.4. The van der Waals surface area contributed by atoms with Crippen molar-refractivity contribution in [2.24, 2.45) is 0 Å². The van der Waals surface area contributed by atoms with Crippen LogP contribution in [0, 0.1) is 0 Å². The van der Waals surface area contributed by atoms with Gasteiger partial charge in [0, 0.05) is 6.54 Å². The molecule has 0 unspecified atom stereocenters. The van der Waals surface area contributed by atoms with Gasteiger partial charge in [-0.3, -0.25) is 0 Å². The van der Waals surface area contributed by atoms with Crippen molar-refractivity contribution in [1.82, 2.24) is 10.6 Å². The van der Waals surface area contributed by atoms with E-state index < -0.39 is 29.8 Å². The van der Waals surface area contributed by atoms with Gasteiger partial charge in [0.05, 0.1) is 0 Å². The minimum absolute atomic E-state index is 0.0511. The molecular weight excluding hydrogens is 424 g/mol. The van der Waals surface area contributed by atoms with Gasteiger partial charge < -0.3 is 25.2 Å². The van der Waals surface area contributed by atoms with E-state index >= 15 is 0 Å². The SMILES string of the molecule is CC(C)(C)OC(=O)NCCC[C@@H](NC(=O)OCc1cccc2c1Cc1ccccc1-2)C(=O)O. The predicted molar refractivity (Wildman–Crippen MR) is 123 cm³/mol. The average Bonchev–Trinajstić information content (AvgIpc) is 3.12. The summed E-state index contributed by atoms with van der Waals surface area (Å²) in [4.78, 5) is 35.4. The fraction of sp³-hybridized carbons (Fsp3) is 0.400. The van der Waals surface area contributed by atoms with E-state index in [1.807, 2.05) is 24.3 Å². The first-order chi connectivity index (χ1) is 15.6. The minimum atomic E-state index is -1.17. The minimum Gasteiger partial charge on any atom is -0.480 e. The molecule has 0 radical (unpaired) electrons. The number of carboxylic acid groups (broad SMARTS) is 1. The summed E-state index contributed by atoms with van der Waals surface area (Å²) in [7, 11) is 0. The van der Waals surface area contributed by atoms with Gasteiger partial charge in [0.15, 0.2) is 0 Å². The van der Waals surface area contributed by atoms with Gasteiger partial charge in [-0.05, 0) is 67.9 Å². The van der Waals surface area contributed by atoms with Gasteiger partial charge in [-0.2, -0.15) is 0 Å². The van der Waals surface area contributed by atoms with Crippen LogP contribution in [0.25, 0.3) is 11.1 Å². The van der Waals surface area contributed by atoms with E-state index in [9.17, 15) is 19.5 Å². The maximum absolute atomic E-state index is 12.3. The van der Waals surface area contributed by atoms with Gasteiger partial charge >= 0.3 is 18.2 Å². The first kappa shape index (κ1) is 24.1. The molecule has 1 aliphatic carbocycles. The number of alkyl carbamates (subject to hydrolysis) is 2. The van der Waals surface area contributed by atoms with E-state index in [4.69, 9.17) is 9.47 Å². The van der Waals surface area contributed by atoms with Crippen LogP contribution < -0.4 is 10.6 Å². The first-order valence-electron chi connectivity index (χ1n) is 11.0. The Bertz CT molecular complexity index is 1030. The molecule has 0 aromatic heterocycles. The Morgan fingerprint density at radius 2 is 1.76 bits per heavy atom. The molecule has 1 aliphatic rings. The number of fused-ring (bicyclic) bond motifs is 3. The molecule has 0 heterocycles. The molecule has 2 aromatic rings. The van der Waals surface area contributed by atoms with Crippen LogP contribution in [-0.4, -0.2) is 41.4 Å². The summed E-state index contributed by atoms with van der Waals surface area (Å²) >= 11 is 0. The Balaban J connectivity index is 1.47. The van der Waals surface area contributed by atoms with Crippen LogP contribution in [0.15, 0.2) is 42.5 Å². The summed E-state index contributed by atoms with van der Waals surface area (Å²) in [6.45, 7) is 5.54. The number of amides is 2. The smallest absolute Gasteiger partial charge is 0.408 e. The number of aliphatic carboxylic acids is 1. The number of carbonyl (C=O) groups is 3. The van der Waals surface area contributed by atoms with Gasteiger partial charge in [0.2, 0.25) is 0 Å². The highest BCUT2D eigenvalue weighted by molar-refractivity contribution is 5.80. The number of hydrogen-bond acceptors (Lipinski definition) is 5. The number of carboxylic acids is 1. The Hall–Kier alpha value is -3.55. The highest BCUT2D eigenvalue weighted by Crippen LogP contribution is 2.38. The zero-order chi connectivity index (χ0) is 24.0. The van der Waals surface area contributed by atoms with Crippen LogP contribution >= 0.6 is 0 Å². The van der Waals surface area contributed by atoms with Crippen molar-refractivity contribution in [3.05, 3.63) is 59.2 Å². The van der Waals surface area contributed by atoms with Crippen molar-refractivity contribution in [2.45, 2.75) is 58.3 Å². The molecule has 0 aliphatic heterocycles. The van der Waals surface area contributed by atoms with Crippen molar-refractivity contribution in [2.75, 3.05) is 6.54 Å². The molecule has 8 nitrogen and oxygen atoms in total. The summed E-state index contributed by atoms with van der Waals surface area (Å²) in [5.41, 5.74) is 4.95. The van der Waals surface area contributed by atoms with E-state index in [0.717, 1.165) is 23.1 Å². The molecule has 176 valence electrons. The van der Waals surface area contributed by atoms with E-state index in [1.165, 1.54) is 11.1 Å². The molecule has 8 heteroatoms. The average molecular weight is 455 g/mol. The monoisotopic (exact) mass is 454 g/mol. The Labute approximate surface area is 193 Å². The van der Waals surface area contributed by atoms with Crippen LogP contribution in [-0.2, 0) is 27.3 Å². The summed E-state index contributed by atoms with van der Waals surface area (Å²) < 4.78 is 10.5. The van der Waals surface area contributed by atoms with Crippen LogP contribution in [0.3, 0.4) is 0 Å². The van der Waals surface area contributed by atoms with Crippen LogP contribution in [0.5, 0.6) is 0 Å². The Morgan fingerprint density at radius 3 is 2.48 bits per heavy atom. The second kappa shape index (κ2) is 10.4. The van der Waals surface area contributed by atoms with Crippen LogP contribution in [0.1, 0.15) is 50.3 Å². The quantitative estimate of drug-likeness (QED) is 0.439. The topological polar surface area (TPSA) is 114 Å². The summed E-state index contributed by atoms with van der Waals surface area (Å²) in [5.74, 6) is -1.17. The Morgan fingerprint density at radius 1 is 1.03 bits per heavy atom. The van der Waals surface area contributed by atoms with Crippen molar-refractivity contribution in [3.63, 3.8) is 0 Å². The van der Waals surface area contributed by atoms with Crippen molar-refractivity contribution >= 4 is 18.2 Å². The lowest BCUT2D eigenvalue weighted by Crippen LogP contribution is -2.41. The molecule has 3 rings (SSSR count). The first-order valence-corrected chi connectivity index (χ1v) is 11.0. The lowest BCUT2D eigenvalue weighted by atomic mass is 10.0. The van der Waals surface area contributed by atoms with Gasteiger partial charge in [-0.25, -0.2) is 14.4 Å². The third kappa shape index (κ3) is 6.71. The van der Waals surface area contributed by atoms with E-state index in [-0.39, 0.29) is 19.6 Å². The number of nitrogens with one attached hydrogen (secondary N) is 2. The van der Waals surface area contributed by atoms with E-state index in [2.05, 4.69) is 28.8 Å². The summed E-state index contributed by atoms with van der Waals surface area (Å²) in [6.07, 6.45) is -0.110. The van der Waals surface area contributed by atoms with Gasteiger partial charge in [-0.1, -0.05) is 42.5 Å². The van der Waals surface area contributed by atoms with Crippen molar-refractivity contribution in [1.29, 1.82) is 0 Å². The third-order valence-electron chi connectivity index (χ3n) is 5.23. The summed E-state index contributed by atoms with van der Waals surface area (Å²) in [6, 6.07) is 12.9. The fourth-order valence-electron chi connectivity index (χ4n) is 3.75. The van der Waals surface area contributed by atoms with E-state index in [0.29, 0.717) is 6.42 Å². The van der Waals surface area contributed by atoms with Crippen molar-refractivity contribution in [3.8, 4) is 11.1 Å². The largest absolute Gasteiger partial charge is 0.480 e. The molecule has 33 heavy (non-hydrogen) atoms. The lowest BCUT2D eigenvalue weighted by Gasteiger charge is -2.20.